The number of allylic oxidation sites excluding steroid dienone is 1. The maximum Gasteiger partial charge on any atom is -0.0149 e. The summed E-state index contributed by atoms with van der Waals surface area (Å²) in [7, 11) is 0. The van der Waals surface area contributed by atoms with Crippen LogP contribution < -0.4 is 0 Å². The highest BCUT2D eigenvalue weighted by molar-refractivity contribution is 5.49. The lowest BCUT2D eigenvalue weighted by molar-refractivity contribution is 0.229. The van der Waals surface area contributed by atoms with Crippen molar-refractivity contribution in [1.82, 2.24) is 0 Å². The Balaban J connectivity index is 0.000000280. The summed E-state index contributed by atoms with van der Waals surface area (Å²) in [6.45, 7) is 18.4. The van der Waals surface area contributed by atoms with Crippen LogP contribution >= 0.6 is 0 Å². The average molecular weight is 379 g/mol. The Morgan fingerprint density at radius 2 is 1.21 bits per heavy atom. The lowest BCUT2D eigenvalue weighted by Gasteiger charge is -2.29. The molecule has 0 aromatic heterocycles. The zero-order chi connectivity index (χ0) is 21.2. The molecule has 0 atom stereocenters. The molecule has 0 heteroatoms. The van der Waals surface area contributed by atoms with Crippen LogP contribution in [0, 0.1) is 22.7 Å². The van der Waals surface area contributed by atoms with Crippen LogP contribution in [-0.4, -0.2) is 0 Å². The van der Waals surface area contributed by atoms with Crippen molar-refractivity contribution in [1.29, 1.82) is 0 Å². The number of rotatable bonds is 7. The van der Waals surface area contributed by atoms with Crippen LogP contribution in [0.4, 0.5) is 0 Å². The maximum absolute atomic E-state index is 2.36. The fourth-order valence-electron chi connectivity index (χ4n) is 2.47. The molecular formula is C28H42. The van der Waals surface area contributed by atoms with Gasteiger partial charge in [-0.05, 0) is 46.6 Å². The van der Waals surface area contributed by atoms with Gasteiger partial charge in [-0.15, -0.1) is 0 Å². The first kappa shape index (κ1) is 24.2. The minimum atomic E-state index is 0.274. The summed E-state index contributed by atoms with van der Waals surface area (Å²) < 4.78 is 0. The van der Waals surface area contributed by atoms with Crippen molar-refractivity contribution < 1.29 is 0 Å². The predicted octanol–water partition coefficient (Wildman–Crippen LogP) is 8.68. The molecule has 0 heterocycles. The van der Waals surface area contributed by atoms with E-state index in [1.165, 1.54) is 24.0 Å². The third kappa shape index (κ3) is 8.91. The van der Waals surface area contributed by atoms with Crippen molar-refractivity contribution in [3.8, 4) is 0 Å². The summed E-state index contributed by atoms with van der Waals surface area (Å²) in [5, 5.41) is 0. The highest BCUT2D eigenvalue weighted by atomic mass is 14.3. The minimum Gasteiger partial charge on any atom is -0.0780 e. The van der Waals surface area contributed by atoms with Gasteiger partial charge in [0.15, 0.2) is 0 Å². The molecule has 0 aliphatic heterocycles. The highest BCUT2D eigenvalue weighted by Crippen LogP contribution is 2.31. The molecule has 0 aliphatic carbocycles. The van der Waals surface area contributed by atoms with Gasteiger partial charge < -0.3 is 0 Å². The van der Waals surface area contributed by atoms with Crippen LogP contribution in [0.15, 0.2) is 66.7 Å². The largest absolute Gasteiger partial charge is 0.0780 e. The molecule has 0 bridgehead atoms. The predicted molar refractivity (Wildman–Crippen MR) is 127 cm³/mol. The van der Waals surface area contributed by atoms with Crippen LogP contribution in [0.25, 0.3) is 6.08 Å². The van der Waals surface area contributed by atoms with Crippen LogP contribution in [-0.2, 0) is 6.42 Å². The second kappa shape index (κ2) is 11.2. The van der Waals surface area contributed by atoms with Crippen molar-refractivity contribution in [3.05, 3.63) is 77.9 Å². The van der Waals surface area contributed by atoms with Gasteiger partial charge in [-0.1, -0.05) is 128 Å². The number of hydrogen-bond donors (Lipinski definition) is 0. The quantitative estimate of drug-likeness (QED) is 0.452. The third-order valence-electron chi connectivity index (χ3n) is 6.46. The average Bonchev–Trinajstić information content (AvgIpc) is 2.67. The van der Waals surface area contributed by atoms with Gasteiger partial charge in [-0.3, -0.25) is 0 Å². The van der Waals surface area contributed by atoms with E-state index in [4.69, 9.17) is 0 Å². The number of benzene rings is 2. The molecule has 0 saturated heterocycles. The molecule has 0 nitrogen and oxygen atoms in total. The summed E-state index contributed by atoms with van der Waals surface area (Å²) in [5.74, 6) is 1.42. The summed E-state index contributed by atoms with van der Waals surface area (Å²) >= 11 is 0. The third-order valence-corrected chi connectivity index (χ3v) is 6.46. The Hall–Kier alpha value is -1.82. The smallest absolute Gasteiger partial charge is 0.0149 e. The minimum absolute atomic E-state index is 0.274. The second-order valence-corrected chi connectivity index (χ2v) is 9.85. The lowest BCUT2D eigenvalue weighted by atomic mass is 9.77. The van der Waals surface area contributed by atoms with Crippen molar-refractivity contribution in [2.24, 2.45) is 22.7 Å². The van der Waals surface area contributed by atoms with Crippen LogP contribution in [0.3, 0.4) is 0 Å². The van der Waals surface area contributed by atoms with Crippen molar-refractivity contribution in [3.63, 3.8) is 0 Å². The Kier molecular flexibility index (Phi) is 9.73. The van der Waals surface area contributed by atoms with E-state index in [0.29, 0.717) is 11.3 Å². The van der Waals surface area contributed by atoms with Gasteiger partial charge in [-0.2, -0.15) is 0 Å². The highest BCUT2D eigenvalue weighted by Gasteiger charge is 2.21. The monoisotopic (exact) mass is 378 g/mol. The SMILES string of the molecule is CC(C)C(C)(C)/C=C/c1ccccc1.CC(C)C(C)(C)CCc1ccccc1. The first-order chi connectivity index (χ1) is 13.0. The number of hydrogen-bond acceptors (Lipinski definition) is 0. The molecule has 0 fully saturated rings. The molecule has 2 aromatic carbocycles. The van der Waals surface area contributed by atoms with Gasteiger partial charge in [0.1, 0.15) is 0 Å². The van der Waals surface area contributed by atoms with Crippen LogP contribution in [0.5, 0.6) is 0 Å². The van der Waals surface area contributed by atoms with E-state index in [2.05, 4.69) is 122 Å². The van der Waals surface area contributed by atoms with E-state index in [-0.39, 0.29) is 5.41 Å². The molecule has 0 N–H and O–H groups in total. The van der Waals surface area contributed by atoms with E-state index < -0.39 is 0 Å². The van der Waals surface area contributed by atoms with Gasteiger partial charge in [0.25, 0.3) is 0 Å². The summed E-state index contributed by atoms with van der Waals surface area (Å²) in [4.78, 5) is 0. The standard InChI is InChI=1S/C14H22.C14H20/c2*1-12(2)14(3,4)11-10-13-8-6-5-7-9-13/h5-9,12H,10-11H2,1-4H3;5-12H,1-4H3/b;11-10+. The zero-order valence-electron chi connectivity index (χ0n) is 19.5. The second-order valence-electron chi connectivity index (χ2n) is 9.85. The van der Waals surface area contributed by atoms with Crippen molar-refractivity contribution in [2.75, 3.05) is 0 Å². The Labute approximate surface area is 175 Å². The fraction of sp³-hybridized carbons (Fsp3) is 0.500. The molecule has 0 aliphatic rings. The van der Waals surface area contributed by atoms with Crippen molar-refractivity contribution >= 4 is 6.08 Å². The molecule has 2 rings (SSSR count). The molecule has 154 valence electrons. The van der Waals surface area contributed by atoms with E-state index in [0.717, 1.165) is 5.92 Å². The maximum atomic E-state index is 2.36. The van der Waals surface area contributed by atoms with E-state index in [1.54, 1.807) is 0 Å². The topological polar surface area (TPSA) is 0 Å². The lowest BCUT2D eigenvalue weighted by Crippen LogP contribution is -2.19. The van der Waals surface area contributed by atoms with Gasteiger partial charge in [-0.25, -0.2) is 0 Å². The van der Waals surface area contributed by atoms with Crippen LogP contribution in [0.2, 0.25) is 0 Å². The molecule has 28 heavy (non-hydrogen) atoms. The van der Waals surface area contributed by atoms with E-state index in [1.807, 2.05) is 6.07 Å². The normalized spacial score (nSPS) is 12.4. The van der Waals surface area contributed by atoms with Crippen molar-refractivity contribution in [2.45, 2.75) is 68.2 Å². The van der Waals surface area contributed by atoms with Gasteiger partial charge in [0, 0.05) is 0 Å². The molecular weight excluding hydrogens is 336 g/mol. The number of aryl methyl sites for hydroxylation is 1. The van der Waals surface area contributed by atoms with E-state index >= 15 is 0 Å². The van der Waals surface area contributed by atoms with Crippen LogP contribution in [0.1, 0.15) is 72.9 Å². The van der Waals surface area contributed by atoms with Gasteiger partial charge >= 0.3 is 0 Å². The first-order valence-electron chi connectivity index (χ1n) is 10.8. The molecule has 0 amide bonds. The summed E-state index contributed by atoms with van der Waals surface area (Å²) in [6, 6.07) is 21.2. The zero-order valence-corrected chi connectivity index (χ0v) is 19.5. The van der Waals surface area contributed by atoms with Gasteiger partial charge in [0.2, 0.25) is 0 Å². The molecule has 0 radical (unpaired) electrons. The summed E-state index contributed by atoms with van der Waals surface area (Å²) in [5.41, 5.74) is 3.47. The summed E-state index contributed by atoms with van der Waals surface area (Å²) in [6.07, 6.45) is 6.98. The molecule has 0 unspecified atom stereocenters. The molecule has 0 saturated carbocycles. The Morgan fingerprint density at radius 3 is 1.68 bits per heavy atom. The van der Waals surface area contributed by atoms with Gasteiger partial charge in [0.05, 0.1) is 0 Å². The fourth-order valence-corrected chi connectivity index (χ4v) is 2.47. The Morgan fingerprint density at radius 1 is 0.714 bits per heavy atom. The van der Waals surface area contributed by atoms with E-state index in [9.17, 15) is 0 Å². The molecule has 0 spiro atoms. The Bertz CT molecular complexity index is 672. The molecule has 2 aromatic rings. The first-order valence-corrected chi connectivity index (χ1v) is 10.8.